The molecule has 0 aromatic heterocycles. The zero-order valence-corrected chi connectivity index (χ0v) is 28.6. The first-order valence-corrected chi connectivity index (χ1v) is 18.5. The molecule has 0 N–H and O–H groups in total. The summed E-state index contributed by atoms with van der Waals surface area (Å²) in [5, 5.41) is 0. The molecule has 0 fully saturated rings. The molecule has 0 heterocycles. The minimum atomic E-state index is 0.630. The van der Waals surface area contributed by atoms with E-state index in [9.17, 15) is 0 Å². The normalized spacial score (nSPS) is 17.6. The minimum Gasteiger partial charge on any atom is -0.0651 e. The number of fused-ring (bicyclic) bond motifs is 2. The average Bonchev–Trinajstić information content (AvgIpc) is 3.27. The zero-order valence-electron chi connectivity index (χ0n) is 28.6. The van der Waals surface area contributed by atoms with E-state index in [1.807, 2.05) is 44.5 Å². The van der Waals surface area contributed by atoms with E-state index >= 15 is 0 Å². The van der Waals surface area contributed by atoms with Crippen molar-refractivity contribution in [3.05, 3.63) is 66.8 Å². The molecule has 228 valence electrons. The van der Waals surface area contributed by atoms with Gasteiger partial charge < -0.3 is 0 Å². The van der Waals surface area contributed by atoms with Crippen molar-refractivity contribution < 1.29 is 0 Å². The molecule has 0 radical (unpaired) electrons. The van der Waals surface area contributed by atoms with Crippen LogP contribution in [0.25, 0.3) is 0 Å². The molecular weight excluding hydrogens is 492 g/mol. The summed E-state index contributed by atoms with van der Waals surface area (Å²) in [4.78, 5) is 0. The van der Waals surface area contributed by atoms with Crippen LogP contribution in [0.5, 0.6) is 0 Å². The van der Waals surface area contributed by atoms with Crippen LogP contribution in [0, 0.1) is 0 Å². The molecule has 0 amide bonds. The Morgan fingerprint density at radius 1 is 0.317 bits per heavy atom. The van der Waals surface area contributed by atoms with Gasteiger partial charge in [-0.1, -0.05) is 113 Å². The smallest absolute Gasteiger partial charge is 0.0101 e. The highest BCUT2D eigenvalue weighted by Gasteiger charge is 2.43. The average molecular weight is 557 g/mol. The van der Waals surface area contributed by atoms with Gasteiger partial charge in [0.1, 0.15) is 0 Å². The topological polar surface area (TPSA) is 0 Å². The first-order chi connectivity index (χ1) is 20.1. The highest BCUT2D eigenvalue weighted by atomic mass is 14.5. The van der Waals surface area contributed by atoms with E-state index in [0.29, 0.717) is 11.8 Å². The fourth-order valence-corrected chi connectivity index (χ4v) is 9.36. The van der Waals surface area contributed by atoms with Gasteiger partial charge in [0.25, 0.3) is 0 Å². The predicted octanol–water partition coefficient (Wildman–Crippen LogP) is 12.1. The van der Waals surface area contributed by atoms with E-state index < -0.39 is 0 Å². The Kier molecular flexibility index (Phi) is 12.0. The Morgan fingerprint density at radius 3 is 0.707 bits per heavy atom. The lowest BCUT2D eigenvalue weighted by atomic mass is 9.63. The third-order valence-electron chi connectivity index (χ3n) is 10.4. The van der Waals surface area contributed by atoms with Crippen LogP contribution >= 0.6 is 0 Å². The number of rotatable bonds is 16. The summed E-state index contributed by atoms with van der Waals surface area (Å²) in [5.41, 5.74) is 22.0. The van der Waals surface area contributed by atoms with Crippen molar-refractivity contribution in [2.75, 3.05) is 0 Å². The molecule has 0 nitrogen and oxygen atoms in total. The Bertz CT molecular complexity index is 985. The van der Waals surface area contributed by atoms with E-state index in [1.165, 1.54) is 122 Å². The lowest BCUT2D eigenvalue weighted by Crippen LogP contribution is -2.27. The Morgan fingerprint density at radius 2 is 0.512 bits per heavy atom. The van der Waals surface area contributed by atoms with Crippen molar-refractivity contribution in [3.63, 3.8) is 0 Å². The largest absolute Gasteiger partial charge is 0.0651 e. The van der Waals surface area contributed by atoms with Crippen LogP contribution in [0.2, 0.25) is 0 Å². The maximum absolute atomic E-state index is 2.43. The summed E-state index contributed by atoms with van der Waals surface area (Å²) in [6, 6.07) is 0. The van der Waals surface area contributed by atoms with Crippen LogP contribution in [-0.2, 0) is 51.4 Å². The Hall–Kier alpha value is -1.56. The van der Waals surface area contributed by atoms with Gasteiger partial charge in [0.15, 0.2) is 0 Å². The van der Waals surface area contributed by atoms with Crippen molar-refractivity contribution in [2.24, 2.45) is 0 Å². The number of hydrogen-bond acceptors (Lipinski definition) is 0. The second kappa shape index (κ2) is 15.3. The van der Waals surface area contributed by atoms with Gasteiger partial charge in [0, 0.05) is 11.8 Å². The molecule has 0 saturated carbocycles. The van der Waals surface area contributed by atoms with Gasteiger partial charge in [-0.2, -0.15) is 0 Å². The van der Waals surface area contributed by atoms with Gasteiger partial charge in [-0.15, -0.1) is 0 Å². The third-order valence-corrected chi connectivity index (χ3v) is 10.4. The molecule has 2 aromatic rings. The van der Waals surface area contributed by atoms with E-state index in [2.05, 4.69) is 55.4 Å². The molecule has 2 aromatic carbocycles. The van der Waals surface area contributed by atoms with Gasteiger partial charge in [-0.3, -0.25) is 0 Å². The second-order valence-corrected chi connectivity index (χ2v) is 13.5. The molecule has 41 heavy (non-hydrogen) atoms. The molecule has 5 rings (SSSR count). The van der Waals surface area contributed by atoms with Crippen molar-refractivity contribution in [1.29, 1.82) is 0 Å². The van der Waals surface area contributed by atoms with Crippen LogP contribution in [0.1, 0.15) is 205 Å². The molecule has 0 saturated heterocycles. The summed E-state index contributed by atoms with van der Waals surface area (Å²) in [6.07, 6.45) is 24.5. The fourth-order valence-electron chi connectivity index (χ4n) is 9.36. The first kappa shape index (κ1) is 32.4. The molecule has 0 atom stereocenters. The van der Waals surface area contributed by atoms with Crippen molar-refractivity contribution in [1.82, 2.24) is 0 Å². The maximum atomic E-state index is 2.43. The maximum Gasteiger partial charge on any atom is 0.0101 e. The quantitative estimate of drug-likeness (QED) is 0.193. The van der Waals surface area contributed by atoms with Crippen molar-refractivity contribution in [2.45, 2.75) is 189 Å². The van der Waals surface area contributed by atoms with Gasteiger partial charge in [0.05, 0.1) is 0 Å². The minimum absolute atomic E-state index is 0.630. The summed E-state index contributed by atoms with van der Waals surface area (Å²) in [7, 11) is 0. The first-order valence-electron chi connectivity index (χ1n) is 18.5. The zero-order chi connectivity index (χ0) is 29.5. The summed E-state index contributed by atoms with van der Waals surface area (Å²) >= 11 is 0. The second-order valence-electron chi connectivity index (χ2n) is 13.5. The molecule has 0 unspecified atom stereocenters. The van der Waals surface area contributed by atoms with Gasteiger partial charge in [-0.05, 0) is 131 Å². The Balaban J connectivity index is 2.21. The molecule has 0 heteroatoms. The summed E-state index contributed by atoms with van der Waals surface area (Å²) < 4.78 is 0. The molecule has 3 aliphatic carbocycles. The fraction of sp³-hybridized carbons (Fsp3) is 0.707. The lowest BCUT2D eigenvalue weighted by molar-refractivity contribution is 0.658. The highest BCUT2D eigenvalue weighted by Crippen LogP contribution is 2.57. The van der Waals surface area contributed by atoms with Gasteiger partial charge in [-0.25, -0.2) is 0 Å². The number of benzene rings is 2. The summed E-state index contributed by atoms with van der Waals surface area (Å²) in [5.74, 6) is 1.26. The van der Waals surface area contributed by atoms with Crippen molar-refractivity contribution >= 4 is 0 Å². The van der Waals surface area contributed by atoms with Crippen LogP contribution in [-0.4, -0.2) is 0 Å². The lowest BCUT2D eigenvalue weighted by Gasteiger charge is -2.41. The van der Waals surface area contributed by atoms with Gasteiger partial charge in [0.2, 0.25) is 0 Å². The van der Waals surface area contributed by atoms with Crippen LogP contribution in [0.3, 0.4) is 0 Å². The van der Waals surface area contributed by atoms with E-state index in [4.69, 9.17) is 0 Å². The van der Waals surface area contributed by atoms with Crippen LogP contribution < -0.4 is 0 Å². The molecule has 0 spiro atoms. The monoisotopic (exact) mass is 557 g/mol. The van der Waals surface area contributed by atoms with E-state index in [1.54, 1.807) is 22.3 Å². The van der Waals surface area contributed by atoms with Crippen LogP contribution in [0.4, 0.5) is 0 Å². The number of hydrogen-bond donors (Lipinski definition) is 0. The van der Waals surface area contributed by atoms with E-state index in [-0.39, 0.29) is 0 Å². The molecule has 3 aliphatic rings. The molecular formula is C41H64. The van der Waals surface area contributed by atoms with E-state index in [0.717, 1.165) is 0 Å². The standard InChI is InChI=1S/C41H64/c1-9-18-28-29(19-10-2)33(23-14-6)39-37-27-17-26-36(38(39)32(28)22-13-5)40-34(24-15-7)30(20-11-3)31(21-12-4)35(25-16-8)41(37)40/h36-37H,9-27H2,1-8H3. The predicted molar refractivity (Wildman–Crippen MR) is 182 cm³/mol. The Labute approximate surface area is 255 Å². The highest BCUT2D eigenvalue weighted by molar-refractivity contribution is 5.68. The third kappa shape index (κ3) is 5.97. The van der Waals surface area contributed by atoms with Crippen LogP contribution in [0.15, 0.2) is 0 Å². The molecule has 2 bridgehead atoms. The van der Waals surface area contributed by atoms with Gasteiger partial charge >= 0.3 is 0 Å². The molecule has 0 aliphatic heterocycles. The van der Waals surface area contributed by atoms with Crippen molar-refractivity contribution in [3.8, 4) is 0 Å². The summed E-state index contributed by atoms with van der Waals surface area (Å²) in [6.45, 7) is 19.4. The SMILES string of the molecule is CCCc1c(CCC)c(CCC)c2c(c1CCC)C1CCCC2c2c(CCC)c(CCC)c(CCC)c(CCC)c21.